The molecule has 0 unspecified atom stereocenters. The number of amides is 1. The molecule has 104 valence electrons. The van der Waals surface area contributed by atoms with Crippen molar-refractivity contribution < 1.29 is 9.21 Å². The quantitative estimate of drug-likeness (QED) is 0.910. The Labute approximate surface area is 117 Å². The van der Waals surface area contributed by atoms with E-state index in [0.717, 1.165) is 17.5 Å². The lowest BCUT2D eigenvalue weighted by Gasteiger charge is -2.44. The van der Waals surface area contributed by atoms with Crippen LogP contribution in [0.4, 0.5) is 0 Å². The lowest BCUT2D eigenvalue weighted by atomic mass is 9.84. The molecule has 3 aliphatic rings. The fourth-order valence-electron chi connectivity index (χ4n) is 3.53. The van der Waals surface area contributed by atoms with Crippen LogP contribution in [0.15, 0.2) is 34.9 Å². The number of nitrogens with zero attached hydrogens (tertiary/aromatic N) is 1. The first-order valence-corrected chi connectivity index (χ1v) is 7.31. The molecule has 20 heavy (non-hydrogen) atoms. The van der Waals surface area contributed by atoms with Gasteiger partial charge < -0.3 is 14.6 Å². The number of hydrogen-bond donors (Lipinski definition) is 1. The Bertz CT molecular complexity index is 641. The normalized spacial score (nSPS) is 28.7. The molecule has 1 aromatic carbocycles. The zero-order valence-corrected chi connectivity index (χ0v) is 11.3. The van der Waals surface area contributed by atoms with Crippen molar-refractivity contribution in [3.05, 3.63) is 36.1 Å². The number of para-hydroxylation sites is 1. The van der Waals surface area contributed by atoms with Gasteiger partial charge in [0.1, 0.15) is 11.8 Å². The van der Waals surface area contributed by atoms with Gasteiger partial charge in [-0.1, -0.05) is 18.2 Å². The number of rotatable bonds is 2. The van der Waals surface area contributed by atoms with Crippen molar-refractivity contribution in [3.8, 4) is 0 Å². The summed E-state index contributed by atoms with van der Waals surface area (Å²) in [5, 5.41) is 4.10. The maximum atomic E-state index is 12.5. The van der Waals surface area contributed by atoms with Gasteiger partial charge in [0.05, 0.1) is 5.56 Å². The van der Waals surface area contributed by atoms with Crippen molar-refractivity contribution in [1.29, 1.82) is 0 Å². The van der Waals surface area contributed by atoms with Crippen LogP contribution in [0, 0.1) is 5.92 Å². The van der Waals surface area contributed by atoms with Gasteiger partial charge in [-0.3, -0.25) is 4.79 Å². The second-order valence-electron chi connectivity index (χ2n) is 5.86. The second kappa shape index (κ2) is 4.63. The Morgan fingerprint density at radius 2 is 2.05 bits per heavy atom. The van der Waals surface area contributed by atoms with E-state index < -0.39 is 0 Å². The molecule has 5 rings (SSSR count). The van der Waals surface area contributed by atoms with E-state index >= 15 is 0 Å². The summed E-state index contributed by atoms with van der Waals surface area (Å²) >= 11 is 0. The summed E-state index contributed by atoms with van der Waals surface area (Å²) < 4.78 is 5.45. The molecule has 4 heteroatoms. The van der Waals surface area contributed by atoms with Crippen LogP contribution in [0.25, 0.3) is 11.0 Å². The lowest BCUT2D eigenvalue weighted by Crippen LogP contribution is -2.57. The number of carbonyl (C=O) groups excluding carboxylic acids is 1. The Kier molecular flexibility index (Phi) is 2.77. The molecule has 2 bridgehead atoms. The minimum absolute atomic E-state index is 0.00583. The third-order valence-electron chi connectivity index (χ3n) is 4.70. The Balaban J connectivity index is 1.56. The first kappa shape index (κ1) is 12.0. The third-order valence-corrected chi connectivity index (χ3v) is 4.70. The van der Waals surface area contributed by atoms with Crippen LogP contribution in [-0.4, -0.2) is 36.5 Å². The molecule has 0 aliphatic carbocycles. The fourth-order valence-corrected chi connectivity index (χ4v) is 3.53. The van der Waals surface area contributed by atoms with Crippen molar-refractivity contribution in [2.45, 2.75) is 18.9 Å². The topological polar surface area (TPSA) is 45.5 Å². The molecular weight excluding hydrogens is 252 g/mol. The van der Waals surface area contributed by atoms with Gasteiger partial charge in [-0.2, -0.15) is 0 Å². The highest BCUT2D eigenvalue weighted by molar-refractivity contribution is 6.06. The smallest absolute Gasteiger partial charge is 0.255 e. The van der Waals surface area contributed by atoms with Gasteiger partial charge in [-0.25, -0.2) is 0 Å². The Morgan fingerprint density at radius 3 is 2.80 bits per heavy atom. The van der Waals surface area contributed by atoms with Crippen molar-refractivity contribution in [1.82, 2.24) is 10.2 Å². The summed E-state index contributed by atoms with van der Waals surface area (Å²) in [5.74, 6) is 0.635. The van der Waals surface area contributed by atoms with Crippen molar-refractivity contribution in [3.63, 3.8) is 0 Å². The molecule has 3 aliphatic heterocycles. The van der Waals surface area contributed by atoms with Gasteiger partial charge >= 0.3 is 0 Å². The second-order valence-corrected chi connectivity index (χ2v) is 5.86. The van der Waals surface area contributed by atoms with Gasteiger partial charge in [0.15, 0.2) is 0 Å². The van der Waals surface area contributed by atoms with E-state index in [-0.39, 0.29) is 5.91 Å². The van der Waals surface area contributed by atoms with E-state index in [1.54, 1.807) is 6.26 Å². The SMILES string of the molecule is O=C(N[C@H]1CN2CCC1CC2)c1coc2ccccc12. The largest absolute Gasteiger partial charge is 0.463 e. The lowest BCUT2D eigenvalue weighted by molar-refractivity contribution is 0.0621. The number of benzene rings is 1. The molecule has 0 spiro atoms. The molecule has 0 saturated carbocycles. The Hall–Kier alpha value is -1.81. The third kappa shape index (κ3) is 1.91. The zero-order chi connectivity index (χ0) is 13.5. The van der Waals surface area contributed by atoms with Crippen LogP contribution < -0.4 is 5.32 Å². The highest BCUT2D eigenvalue weighted by Gasteiger charge is 2.35. The average Bonchev–Trinajstić information content (AvgIpc) is 2.92. The van der Waals surface area contributed by atoms with Crippen LogP contribution >= 0.6 is 0 Å². The Morgan fingerprint density at radius 1 is 1.25 bits per heavy atom. The molecule has 0 radical (unpaired) electrons. The van der Waals surface area contributed by atoms with E-state index in [1.807, 2.05) is 24.3 Å². The van der Waals surface area contributed by atoms with Crippen LogP contribution in [0.3, 0.4) is 0 Å². The highest BCUT2D eigenvalue weighted by atomic mass is 16.3. The summed E-state index contributed by atoms with van der Waals surface area (Å²) in [7, 11) is 0. The van der Waals surface area contributed by atoms with E-state index in [0.29, 0.717) is 17.5 Å². The van der Waals surface area contributed by atoms with Crippen LogP contribution in [0.1, 0.15) is 23.2 Å². The number of nitrogens with one attached hydrogen (secondary N) is 1. The molecule has 1 aromatic heterocycles. The summed E-state index contributed by atoms with van der Waals surface area (Å²) in [6.45, 7) is 3.36. The minimum Gasteiger partial charge on any atom is -0.463 e. The molecule has 2 aromatic rings. The minimum atomic E-state index is -0.00583. The molecule has 1 N–H and O–H groups in total. The molecule has 3 saturated heterocycles. The van der Waals surface area contributed by atoms with Crippen molar-refractivity contribution in [2.24, 2.45) is 5.92 Å². The van der Waals surface area contributed by atoms with Gasteiger partial charge in [0.25, 0.3) is 5.91 Å². The van der Waals surface area contributed by atoms with Crippen LogP contribution in [0.2, 0.25) is 0 Å². The number of piperidine rings is 3. The summed E-state index contributed by atoms with van der Waals surface area (Å²) in [6, 6.07) is 7.97. The molecule has 1 amide bonds. The van der Waals surface area contributed by atoms with E-state index in [4.69, 9.17) is 4.42 Å². The fraction of sp³-hybridized carbons (Fsp3) is 0.438. The molecule has 3 fully saturated rings. The highest BCUT2D eigenvalue weighted by Crippen LogP contribution is 2.28. The van der Waals surface area contributed by atoms with Crippen LogP contribution in [0.5, 0.6) is 0 Å². The van der Waals surface area contributed by atoms with Gasteiger partial charge in [0, 0.05) is 18.0 Å². The number of carbonyl (C=O) groups is 1. The molecule has 4 heterocycles. The van der Waals surface area contributed by atoms with Crippen molar-refractivity contribution in [2.75, 3.05) is 19.6 Å². The summed E-state index contributed by atoms with van der Waals surface area (Å²) in [6.07, 6.45) is 3.98. The first-order chi connectivity index (χ1) is 9.81. The summed E-state index contributed by atoms with van der Waals surface area (Å²) in [5.41, 5.74) is 1.42. The number of hydrogen-bond acceptors (Lipinski definition) is 3. The maximum Gasteiger partial charge on any atom is 0.255 e. The standard InChI is InChI=1S/C16H18N2O2/c19-16(13-10-20-15-4-2-1-3-12(13)15)17-14-9-18-7-5-11(14)6-8-18/h1-4,10-11,14H,5-9H2,(H,17,19)/t14-/m0/s1. The average molecular weight is 270 g/mol. The molecular formula is C16H18N2O2. The predicted octanol–water partition coefficient (Wildman–Crippen LogP) is 2.26. The molecule has 1 atom stereocenters. The van der Waals surface area contributed by atoms with Gasteiger partial charge in [-0.15, -0.1) is 0 Å². The number of furan rings is 1. The van der Waals surface area contributed by atoms with E-state index in [2.05, 4.69) is 10.2 Å². The molecule has 4 nitrogen and oxygen atoms in total. The predicted molar refractivity (Wildman–Crippen MR) is 76.6 cm³/mol. The number of fused-ring (bicyclic) bond motifs is 4. The summed E-state index contributed by atoms with van der Waals surface area (Å²) in [4.78, 5) is 14.9. The van der Waals surface area contributed by atoms with E-state index in [1.165, 1.54) is 25.9 Å². The van der Waals surface area contributed by atoms with Gasteiger partial charge in [-0.05, 0) is 37.9 Å². The van der Waals surface area contributed by atoms with Crippen molar-refractivity contribution >= 4 is 16.9 Å². The van der Waals surface area contributed by atoms with Crippen LogP contribution in [-0.2, 0) is 0 Å². The first-order valence-electron chi connectivity index (χ1n) is 7.31. The van der Waals surface area contributed by atoms with Gasteiger partial charge in [0.2, 0.25) is 0 Å². The zero-order valence-electron chi connectivity index (χ0n) is 11.3. The van der Waals surface area contributed by atoms with E-state index in [9.17, 15) is 4.79 Å². The maximum absolute atomic E-state index is 12.5. The monoisotopic (exact) mass is 270 g/mol.